The molecule has 2 amide bonds. The van der Waals surface area contributed by atoms with E-state index in [-0.39, 0.29) is 18.6 Å². The first-order valence-corrected chi connectivity index (χ1v) is 7.97. The summed E-state index contributed by atoms with van der Waals surface area (Å²) in [5, 5.41) is 11.3. The molecule has 120 valence electrons. The Morgan fingerprint density at radius 3 is 2.77 bits per heavy atom. The number of ether oxygens (including phenoxy) is 1. The molecule has 1 aromatic rings. The monoisotopic (exact) mass is 370 g/mol. The fraction of sp³-hybridized carbons (Fsp3) is 0.467. The highest BCUT2D eigenvalue weighted by Gasteiger charge is 2.25. The number of carboxylic acids is 1. The van der Waals surface area contributed by atoms with Gasteiger partial charge in [0.2, 0.25) is 0 Å². The number of carboxylic acid groups (broad SMARTS) is 1. The van der Waals surface area contributed by atoms with E-state index in [0.29, 0.717) is 32.7 Å². The zero-order chi connectivity index (χ0) is 15.9. The van der Waals surface area contributed by atoms with Crippen LogP contribution in [0.5, 0.6) is 0 Å². The first-order valence-electron chi connectivity index (χ1n) is 7.18. The number of aliphatic carboxylic acids is 1. The summed E-state index contributed by atoms with van der Waals surface area (Å²) in [4.78, 5) is 24.2. The van der Waals surface area contributed by atoms with Crippen molar-refractivity contribution in [2.24, 2.45) is 0 Å². The van der Waals surface area contributed by atoms with Gasteiger partial charge in [-0.15, -0.1) is 0 Å². The summed E-state index contributed by atoms with van der Waals surface area (Å²) < 4.78 is 6.73. The Morgan fingerprint density at radius 2 is 2.09 bits per heavy atom. The third-order valence-corrected chi connectivity index (χ3v) is 3.97. The molecule has 1 aliphatic heterocycles. The maximum absolute atomic E-state index is 12.1. The Morgan fingerprint density at radius 1 is 1.36 bits per heavy atom. The van der Waals surface area contributed by atoms with E-state index in [0.717, 1.165) is 10.0 Å². The highest BCUT2D eigenvalue weighted by Crippen LogP contribution is 2.23. The lowest BCUT2D eigenvalue weighted by Gasteiger charge is -2.33. The molecule has 0 saturated carbocycles. The quantitative estimate of drug-likeness (QED) is 0.780. The standard InChI is InChI=1S/C15H19BrN2O4/c16-12-5-3-11(4-6-12)13-10-18(8-9-22-13)15(21)17-7-1-2-14(19)20/h3-6,13H,1-2,7-10H2,(H,17,21)(H,19,20). The Hall–Kier alpha value is -1.60. The van der Waals surface area contributed by atoms with Gasteiger partial charge < -0.3 is 20.1 Å². The second kappa shape index (κ2) is 8.14. The lowest BCUT2D eigenvalue weighted by atomic mass is 10.1. The van der Waals surface area contributed by atoms with Crippen LogP contribution in [0.15, 0.2) is 28.7 Å². The van der Waals surface area contributed by atoms with Gasteiger partial charge in [-0.05, 0) is 24.1 Å². The van der Waals surface area contributed by atoms with E-state index in [1.165, 1.54) is 0 Å². The zero-order valence-electron chi connectivity index (χ0n) is 12.1. The molecule has 1 fully saturated rings. The number of hydrogen-bond acceptors (Lipinski definition) is 3. The summed E-state index contributed by atoms with van der Waals surface area (Å²) in [7, 11) is 0. The summed E-state index contributed by atoms with van der Waals surface area (Å²) in [5.41, 5.74) is 1.03. The van der Waals surface area contributed by atoms with Crippen LogP contribution in [0.1, 0.15) is 24.5 Å². The highest BCUT2D eigenvalue weighted by molar-refractivity contribution is 9.10. The molecular weight excluding hydrogens is 352 g/mol. The summed E-state index contributed by atoms with van der Waals surface area (Å²) in [5.74, 6) is -0.851. The zero-order valence-corrected chi connectivity index (χ0v) is 13.7. The molecule has 2 rings (SSSR count). The molecule has 1 heterocycles. The van der Waals surface area contributed by atoms with Crippen LogP contribution in [-0.4, -0.2) is 48.2 Å². The van der Waals surface area contributed by atoms with Crippen molar-refractivity contribution in [2.75, 3.05) is 26.2 Å². The minimum atomic E-state index is -0.851. The molecule has 0 radical (unpaired) electrons. The largest absolute Gasteiger partial charge is 0.481 e. The van der Waals surface area contributed by atoms with Crippen molar-refractivity contribution in [3.05, 3.63) is 34.3 Å². The van der Waals surface area contributed by atoms with Crippen LogP contribution in [0.2, 0.25) is 0 Å². The summed E-state index contributed by atoms with van der Waals surface area (Å²) in [6.07, 6.45) is 0.360. The number of nitrogens with one attached hydrogen (secondary N) is 1. The minimum Gasteiger partial charge on any atom is -0.481 e. The molecule has 0 aromatic heterocycles. The minimum absolute atomic E-state index is 0.0604. The summed E-state index contributed by atoms with van der Waals surface area (Å²) in [6.45, 7) is 1.89. The molecule has 0 aliphatic carbocycles. The highest BCUT2D eigenvalue weighted by atomic mass is 79.9. The van der Waals surface area contributed by atoms with Crippen LogP contribution in [0.3, 0.4) is 0 Å². The van der Waals surface area contributed by atoms with Crippen molar-refractivity contribution in [3.63, 3.8) is 0 Å². The topological polar surface area (TPSA) is 78.9 Å². The fourth-order valence-corrected chi connectivity index (χ4v) is 2.52. The Labute approximate surface area is 137 Å². The van der Waals surface area contributed by atoms with Crippen molar-refractivity contribution < 1.29 is 19.4 Å². The molecule has 22 heavy (non-hydrogen) atoms. The van der Waals surface area contributed by atoms with Crippen molar-refractivity contribution in [1.29, 1.82) is 0 Å². The number of halogens is 1. The number of hydrogen-bond donors (Lipinski definition) is 2. The van der Waals surface area contributed by atoms with Gasteiger partial charge in [-0.3, -0.25) is 4.79 Å². The Bertz CT molecular complexity index is 521. The van der Waals surface area contributed by atoms with E-state index in [2.05, 4.69) is 21.2 Å². The number of benzene rings is 1. The van der Waals surface area contributed by atoms with Crippen molar-refractivity contribution in [3.8, 4) is 0 Å². The van der Waals surface area contributed by atoms with E-state index in [4.69, 9.17) is 9.84 Å². The van der Waals surface area contributed by atoms with Crippen LogP contribution >= 0.6 is 15.9 Å². The second-order valence-corrected chi connectivity index (χ2v) is 6.00. The van der Waals surface area contributed by atoms with Gasteiger partial charge in [0.05, 0.1) is 13.2 Å². The molecule has 7 heteroatoms. The van der Waals surface area contributed by atoms with Gasteiger partial charge >= 0.3 is 12.0 Å². The molecule has 1 aromatic carbocycles. The average Bonchev–Trinajstić information content (AvgIpc) is 2.52. The number of morpholine rings is 1. The predicted molar refractivity (Wildman–Crippen MR) is 84.7 cm³/mol. The Balaban J connectivity index is 1.83. The van der Waals surface area contributed by atoms with E-state index in [1.807, 2.05) is 24.3 Å². The van der Waals surface area contributed by atoms with Crippen LogP contribution in [0, 0.1) is 0 Å². The number of amides is 2. The van der Waals surface area contributed by atoms with Crippen LogP contribution in [0.25, 0.3) is 0 Å². The number of urea groups is 1. The smallest absolute Gasteiger partial charge is 0.317 e. The number of carbonyl (C=O) groups is 2. The van der Waals surface area contributed by atoms with Crippen LogP contribution in [0.4, 0.5) is 4.79 Å². The van der Waals surface area contributed by atoms with Gasteiger partial charge in [-0.25, -0.2) is 4.79 Å². The van der Waals surface area contributed by atoms with E-state index >= 15 is 0 Å². The van der Waals surface area contributed by atoms with E-state index in [1.54, 1.807) is 4.90 Å². The molecule has 6 nitrogen and oxygen atoms in total. The first-order chi connectivity index (χ1) is 10.6. The average molecular weight is 371 g/mol. The van der Waals surface area contributed by atoms with E-state index < -0.39 is 5.97 Å². The fourth-order valence-electron chi connectivity index (χ4n) is 2.26. The summed E-state index contributed by atoms with van der Waals surface area (Å²) >= 11 is 3.39. The second-order valence-electron chi connectivity index (χ2n) is 5.09. The van der Waals surface area contributed by atoms with Crippen molar-refractivity contribution in [1.82, 2.24) is 10.2 Å². The maximum Gasteiger partial charge on any atom is 0.317 e. The molecule has 1 unspecified atom stereocenters. The number of nitrogens with zero attached hydrogens (tertiary/aromatic N) is 1. The third kappa shape index (κ3) is 4.99. The Kier molecular flexibility index (Phi) is 6.21. The first kappa shape index (κ1) is 16.8. The third-order valence-electron chi connectivity index (χ3n) is 3.44. The maximum atomic E-state index is 12.1. The summed E-state index contributed by atoms with van der Waals surface area (Å²) in [6, 6.07) is 7.68. The molecular formula is C15H19BrN2O4. The predicted octanol–water partition coefficient (Wildman–Crippen LogP) is 2.40. The lowest BCUT2D eigenvalue weighted by molar-refractivity contribution is -0.137. The molecule has 1 aliphatic rings. The van der Waals surface area contributed by atoms with Gasteiger partial charge in [-0.1, -0.05) is 28.1 Å². The SMILES string of the molecule is O=C(O)CCCNC(=O)N1CCOC(c2ccc(Br)cc2)C1. The van der Waals surface area contributed by atoms with Crippen molar-refractivity contribution in [2.45, 2.75) is 18.9 Å². The van der Waals surface area contributed by atoms with E-state index in [9.17, 15) is 9.59 Å². The van der Waals surface area contributed by atoms with Gasteiger partial charge in [0.25, 0.3) is 0 Å². The number of rotatable bonds is 5. The normalized spacial score (nSPS) is 18.0. The van der Waals surface area contributed by atoms with Gasteiger partial charge in [-0.2, -0.15) is 0 Å². The molecule has 0 spiro atoms. The molecule has 1 saturated heterocycles. The van der Waals surface area contributed by atoms with Crippen molar-refractivity contribution >= 4 is 27.9 Å². The molecule has 0 bridgehead atoms. The van der Waals surface area contributed by atoms with Gasteiger partial charge in [0.1, 0.15) is 6.10 Å². The van der Waals surface area contributed by atoms with Gasteiger partial charge in [0, 0.05) is 24.0 Å². The number of carbonyl (C=O) groups excluding carboxylic acids is 1. The van der Waals surface area contributed by atoms with Crippen LogP contribution < -0.4 is 5.32 Å². The molecule has 1 atom stereocenters. The molecule has 2 N–H and O–H groups in total. The van der Waals surface area contributed by atoms with Crippen LogP contribution in [-0.2, 0) is 9.53 Å². The lowest BCUT2D eigenvalue weighted by Crippen LogP contribution is -2.47. The van der Waals surface area contributed by atoms with Gasteiger partial charge in [0.15, 0.2) is 0 Å².